The molecule has 3 aromatic rings. The Kier molecular flexibility index (Phi) is 13.4. The maximum atomic E-state index is 15.7. The van der Waals surface area contributed by atoms with Gasteiger partial charge in [-0.15, -0.1) is 0 Å². The zero-order valence-corrected chi connectivity index (χ0v) is 39.2. The molecule has 2 aromatic carbocycles. The summed E-state index contributed by atoms with van der Waals surface area (Å²) in [6.45, 7) is 10.9. The average molecular weight is 940 g/mol. The van der Waals surface area contributed by atoms with Gasteiger partial charge in [0.1, 0.15) is 36.1 Å². The minimum absolute atomic E-state index is 0.0289. The van der Waals surface area contributed by atoms with Crippen molar-refractivity contribution in [3.63, 3.8) is 0 Å². The van der Waals surface area contributed by atoms with Crippen molar-refractivity contribution in [3.05, 3.63) is 76.3 Å². The first kappa shape index (κ1) is 47.3. The highest BCUT2D eigenvalue weighted by molar-refractivity contribution is 6.02. The topological polar surface area (TPSA) is 186 Å². The lowest BCUT2D eigenvalue weighted by atomic mass is 9.82. The molecule has 19 heteroatoms. The van der Waals surface area contributed by atoms with Crippen LogP contribution in [-0.2, 0) is 32.3 Å². The van der Waals surface area contributed by atoms with Crippen molar-refractivity contribution in [2.24, 2.45) is 5.41 Å². The monoisotopic (exact) mass is 939 g/mol. The largest absolute Gasteiger partial charge is 0.624 e. The molecule has 3 N–H and O–H groups in total. The number of nitrogens with one attached hydrogen (secondary N) is 3. The number of unbranched alkanes of at least 4 members (excludes halogenated alkanes) is 2. The van der Waals surface area contributed by atoms with Gasteiger partial charge in [0, 0.05) is 107 Å². The fourth-order valence-electron chi connectivity index (χ4n) is 10.8. The van der Waals surface area contributed by atoms with Crippen LogP contribution in [0, 0.1) is 22.3 Å². The van der Waals surface area contributed by atoms with Crippen LogP contribution in [-0.4, -0.2) is 138 Å². The molecule has 68 heavy (non-hydrogen) atoms. The molecule has 5 amide bonds. The molecule has 6 aliphatic heterocycles. The summed E-state index contributed by atoms with van der Waals surface area (Å²) in [5.41, 5.74) is 1.83. The van der Waals surface area contributed by atoms with Crippen molar-refractivity contribution >= 4 is 52.5 Å². The molecule has 5 saturated heterocycles. The molecule has 17 nitrogen and oxygen atoms in total. The van der Waals surface area contributed by atoms with Crippen molar-refractivity contribution < 1.29 is 37.4 Å². The molecule has 0 bridgehead atoms. The summed E-state index contributed by atoms with van der Waals surface area (Å²) in [5.74, 6) is -1.40. The Bertz CT molecular complexity index is 2430. The Labute approximate surface area is 395 Å². The number of piperazine rings is 2. The number of anilines is 4. The number of halogens is 2. The number of hydrogen-bond donors (Lipinski definition) is 3. The third-order valence-electron chi connectivity index (χ3n) is 15.1. The van der Waals surface area contributed by atoms with Gasteiger partial charge >= 0.3 is 5.91 Å². The second-order valence-corrected chi connectivity index (χ2v) is 20.4. The summed E-state index contributed by atoms with van der Waals surface area (Å²) >= 11 is 0. The van der Waals surface area contributed by atoms with Crippen LogP contribution in [0.5, 0.6) is 0 Å². The Morgan fingerprint density at radius 1 is 0.853 bits per heavy atom. The Morgan fingerprint density at radius 3 is 2.37 bits per heavy atom. The summed E-state index contributed by atoms with van der Waals surface area (Å²) < 4.78 is 29.8. The smallest absolute Gasteiger partial charge is 0.347 e. The third-order valence-corrected chi connectivity index (χ3v) is 15.1. The lowest BCUT2D eigenvalue weighted by Gasteiger charge is -2.48. The number of fused-ring (bicyclic) bond motifs is 1. The summed E-state index contributed by atoms with van der Waals surface area (Å²) in [5, 5.41) is 22.5. The summed E-state index contributed by atoms with van der Waals surface area (Å²) in [4.78, 5) is 82.6. The molecule has 5 fully saturated rings. The van der Waals surface area contributed by atoms with Crippen LogP contribution in [0.1, 0.15) is 99.5 Å². The predicted octanol–water partition coefficient (Wildman–Crippen LogP) is 4.45. The quantitative estimate of drug-likeness (QED) is 0.0947. The Balaban J connectivity index is 0.686. The van der Waals surface area contributed by atoms with Gasteiger partial charge in [-0.05, 0) is 75.2 Å². The van der Waals surface area contributed by atoms with E-state index in [2.05, 4.69) is 54.5 Å². The van der Waals surface area contributed by atoms with Gasteiger partial charge in [0.15, 0.2) is 6.04 Å². The van der Waals surface area contributed by atoms with E-state index in [0.717, 1.165) is 56.7 Å². The lowest BCUT2D eigenvalue weighted by molar-refractivity contribution is -0.825. The van der Waals surface area contributed by atoms with E-state index in [1.807, 2.05) is 17.0 Å². The van der Waals surface area contributed by atoms with Crippen molar-refractivity contribution in [3.8, 4) is 0 Å². The maximum absolute atomic E-state index is 15.7. The number of likely N-dealkylation sites (tertiary alicyclic amines) is 1. The molecule has 9 rings (SSSR count). The molecule has 1 aromatic heterocycles. The van der Waals surface area contributed by atoms with Crippen LogP contribution in [0.15, 0.2) is 42.7 Å². The number of quaternary nitrogens is 1. The van der Waals surface area contributed by atoms with Gasteiger partial charge in [0.25, 0.3) is 5.91 Å². The molecular weight excluding hydrogens is 877 g/mol. The van der Waals surface area contributed by atoms with Gasteiger partial charge in [-0.2, -0.15) is 0 Å². The number of hydroxylamine groups is 3. The predicted molar refractivity (Wildman–Crippen MR) is 251 cm³/mol. The first-order valence-corrected chi connectivity index (χ1v) is 24.3. The normalized spacial score (nSPS) is 24.0. The fourth-order valence-corrected chi connectivity index (χ4v) is 10.8. The molecular formula is C49H63F2N11O6. The van der Waals surface area contributed by atoms with Gasteiger partial charge in [-0.25, -0.2) is 23.5 Å². The minimum atomic E-state index is -1.31. The van der Waals surface area contributed by atoms with E-state index in [9.17, 15) is 29.2 Å². The number of amides is 5. The standard InChI is InChI=1S/C49H63F2N11O6/c1-48(2)11-16-57(17-12-48)28-34-24-38(51)39(26-37(34)50)61-29-44(64)56-49(31-61)13-18-59(19-14-49)42-27-41(53-32-54-42)52-15-5-3-4-6-45(65)60-22-20-58(21-23-60)35-8-7-33-30-62(68,47(67)36(33)25-35)40-9-10-43(63)55-46(40)66/h7-8,24-27,32,40H,3-6,9-23,28-31H2,1-2H3,(H,56,64)(H,52,53,54)(H,55,63,66). The SMILES string of the molecule is CC1(C)CCN(Cc2cc(F)c(N3CC(=O)NC4(CCN(c5cc(NCCCCCC(=O)N6CCN(c7ccc8c(c7)C(=O)[N+]([O-])(C7CCC(=O)NC7=O)C8)CC6)ncn5)CC4)C3)cc2F)CC1. The highest BCUT2D eigenvalue weighted by Crippen LogP contribution is 2.38. The van der Waals surface area contributed by atoms with Crippen LogP contribution < -0.4 is 30.7 Å². The van der Waals surface area contributed by atoms with E-state index in [1.54, 1.807) is 17.0 Å². The van der Waals surface area contributed by atoms with Crippen LogP contribution >= 0.6 is 0 Å². The van der Waals surface area contributed by atoms with Gasteiger partial charge in [0.2, 0.25) is 17.7 Å². The molecule has 364 valence electrons. The van der Waals surface area contributed by atoms with Gasteiger partial charge in [-0.3, -0.25) is 34.0 Å². The average Bonchev–Trinajstić information content (AvgIpc) is 3.57. The van der Waals surface area contributed by atoms with Crippen LogP contribution in [0.3, 0.4) is 0 Å². The van der Waals surface area contributed by atoms with Crippen molar-refractivity contribution in [1.82, 2.24) is 30.4 Å². The Hall–Kier alpha value is -5.79. The molecule has 0 aliphatic carbocycles. The maximum Gasteiger partial charge on any atom is 0.347 e. The van der Waals surface area contributed by atoms with Crippen LogP contribution in [0.25, 0.3) is 0 Å². The number of aromatic nitrogens is 2. The summed E-state index contributed by atoms with van der Waals surface area (Å²) in [7, 11) is 0. The second kappa shape index (κ2) is 19.3. The number of carbonyl (C=O) groups excluding carboxylic acids is 5. The number of piperidine rings is 3. The lowest BCUT2D eigenvalue weighted by Crippen LogP contribution is -2.66. The summed E-state index contributed by atoms with van der Waals surface area (Å²) in [6, 6.07) is 8.70. The van der Waals surface area contributed by atoms with E-state index in [-0.39, 0.29) is 48.8 Å². The fraction of sp³-hybridized carbons (Fsp3) is 0.571. The number of carbonyl (C=O) groups is 5. The van der Waals surface area contributed by atoms with Crippen molar-refractivity contribution in [2.45, 2.75) is 103 Å². The Morgan fingerprint density at radius 2 is 1.62 bits per heavy atom. The van der Waals surface area contributed by atoms with Crippen LogP contribution in [0.2, 0.25) is 0 Å². The molecule has 6 aliphatic rings. The molecule has 0 saturated carbocycles. The number of hydrogen-bond acceptors (Lipinski definition) is 13. The van der Waals surface area contributed by atoms with Gasteiger partial charge in [0.05, 0.1) is 23.3 Å². The highest BCUT2D eigenvalue weighted by Gasteiger charge is 2.50. The van der Waals surface area contributed by atoms with E-state index < -0.39 is 45.6 Å². The second-order valence-electron chi connectivity index (χ2n) is 20.4. The summed E-state index contributed by atoms with van der Waals surface area (Å²) in [6.07, 6.45) is 7.75. The number of nitrogens with zero attached hydrogens (tertiary/aromatic N) is 8. The first-order valence-electron chi connectivity index (χ1n) is 24.3. The zero-order chi connectivity index (χ0) is 47.8. The number of rotatable bonds is 13. The van der Waals surface area contributed by atoms with Gasteiger partial charge in [-0.1, -0.05) is 26.3 Å². The molecule has 1 spiro atoms. The molecule has 2 atom stereocenters. The zero-order valence-electron chi connectivity index (χ0n) is 39.2. The van der Waals surface area contributed by atoms with Crippen molar-refractivity contribution in [2.75, 3.05) is 92.0 Å². The molecule has 2 unspecified atom stereocenters. The van der Waals surface area contributed by atoms with Gasteiger partial charge < -0.3 is 35.4 Å². The van der Waals surface area contributed by atoms with E-state index in [1.165, 1.54) is 18.5 Å². The molecule has 7 heterocycles. The van der Waals surface area contributed by atoms with Crippen molar-refractivity contribution in [1.29, 1.82) is 0 Å². The van der Waals surface area contributed by atoms with E-state index in [0.29, 0.717) is 101 Å². The first-order chi connectivity index (χ1) is 32.6. The third kappa shape index (κ3) is 10.2. The number of imide groups is 1. The van der Waals surface area contributed by atoms with E-state index >= 15 is 8.78 Å². The number of benzene rings is 2. The minimum Gasteiger partial charge on any atom is -0.624 e. The van der Waals surface area contributed by atoms with E-state index in [4.69, 9.17) is 0 Å². The highest BCUT2D eigenvalue weighted by atomic mass is 19.1. The van der Waals surface area contributed by atoms with Crippen LogP contribution in [0.4, 0.5) is 31.8 Å². The molecule has 0 radical (unpaired) electrons.